The number of hydrogen-bond donors (Lipinski definition) is 0. The van der Waals surface area contributed by atoms with E-state index in [-0.39, 0.29) is 0 Å². The van der Waals surface area contributed by atoms with Crippen LogP contribution < -0.4 is 15.9 Å². The Labute approximate surface area is 177 Å². The molecule has 0 unspecified atom stereocenters. The van der Waals surface area contributed by atoms with Gasteiger partial charge in [0.25, 0.3) is 0 Å². The molecule has 3 rings (SSSR count). The van der Waals surface area contributed by atoms with E-state index in [4.69, 9.17) is 0 Å². The smallest absolute Gasteiger partial charge is 0.0856 e. The molecule has 29 heavy (non-hydrogen) atoms. The van der Waals surface area contributed by atoms with E-state index in [1.54, 1.807) is 0 Å². The normalized spacial score (nSPS) is 11.9. The van der Waals surface area contributed by atoms with Crippen molar-refractivity contribution < 1.29 is 0 Å². The molecule has 0 radical (unpaired) electrons. The topological polar surface area (TPSA) is 0 Å². The molecule has 0 spiro atoms. The summed E-state index contributed by atoms with van der Waals surface area (Å²) in [4.78, 5) is 0. The second-order valence-corrected chi connectivity index (χ2v) is 11.4. The fourth-order valence-corrected chi connectivity index (χ4v) is 7.95. The first kappa shape index (κ1) is 21.3. The molecule has 0 saturated heterocycles. The summed E-state index contributed by atoms with van der Waals surface area (Å²) in [7, 11) is -1.75. The summed E-state index contributed by atoms with van der Waals surface area (Å²) < 4.78 is 0. The molecule has 148 valence electrons. The highest BCUT2D eigenvalue weighted by Crippen LogP contribution is 2.55. The lowest BCUT2D eigenvalue weighted by atomic mass is 10.1. The van der Waals surface area contributed by atoms with Crippen LogP contribution >= 0.6 is 7.26 Å². The van der Waals surface area contributed by atoms with E-state index in [1.807, 2.05) is 0 Å². The molecule has 0 heterocycles. The van der Waals surface area contributed by atoms with Gasteiger partial charge in [-0.15, -0.1) is 0 Å². The van der Waals surface area contributed by atoms with E-state index in [2.05, 4.69) is 124 Å². The Morgan fingerprint density at radius 2 is 1.03 bits per heavy atom. The summed E-state index contributed by atoms with van der Waals surface area (Å²) >= 11 is 0. The van der Waals surface area contributed by atoms with Gasteiger partial charge in [0.15, 0.2) is 0 Å². The van der Waals surface area contributed by atoms with Gasteiger partial charge in [0.1, 0.15) is 23.2 Å². The van der Waals surface area contributed by atoms with E-state index >= 15 is 0 Å². The van der Waals surface area contributed by atoms with E-state index < -0.39 is 7.26 Å². The van der Waals surface area contributed by atoms with Gasteiger partial charge < -0.3 is 0 Å². The van der Waals surface area contributed by atoms with Gasteiger partial charge in [0.2, 0.25) is 0 Å². The second-order valence-electron chi connectivity index (χ2n) is 7.87. The number of hydrogen-bond acceptors (Lipinski definition) is 0. The Morgan fingerprint density at radius 3 is 1.41 bits per heavy atom. The summed E-state index contributed by atoms with van der Waals surface area (Å²) in [6, 6.07) is 33.4. The Balaban J connectivity index is 2.09. The van der Waals surface area contributed by atoms with Crippen molar-refractivity contribution in [3.63, 3.8) is 0 Å². The van der Waals surface area contributed by atoms with Crippen molar-refractivity contribution in [3.05, 3.63) is 114 Å². The monoisotopic (exact) mass is 399 g/mol. The molecule has 0 amide bonds. The number of benzene rings is 3. The van der Waals surface area contributed by atoms with Crippen LogP contribution in [0.15, 0.2) is 114 Å². The third-order valence-corrected chi connectivity index (χ3v) is 9.67. The third-order valence-electron chi connectivity index (χ3n) is 5.40. The molecule has 0 aromatic heterocycles. The Bertz CT molecular complexity index is 837. The Morgan fingerprint density at radius 1 is 0.621 bits per heavy atom. The van der Waals surface area contributed by atoms with Crippen LogP contribution in [0.2, 0.25) is 0 Å². The maximum Gasteiger partial charge on any atom is 0.115 e. The minimum Gasteiger partial charge on any atom is -0.0856 e. The fraction of sp³-hybridized carbons (Fsp3) is 0.214. The van der Waals surface area contributed by atoms with Gasteiger partial charge in [-0.2, -0.15) is 0 Å². The van der Waals surface area contributed by atoms with Crippen molar-refractivity contribution in [1.82, 2.24) is 0 Å². The molecule has 3 aromatic carbocycles. The molecular formula is C28H32P+. The van der Waals surface area contributed by atoms with Crippen LogP contribution in [0.25, 0.3) is 0 Å². The zero-order chi connectivity index (χ0) is 20.5. The highest BCUT2D eigenvalue weighted by molar-refractivity contribution is 7.95. The largest absolute Gasteiger partial charge is 0.115 e. The van der Waals surface area contributed by atoms with Gasteiger partial charge in [-0.3, -0.25) is 0 Å². The summed E-state index contributed by atoms with van der Waals surface area (Å²) in [6.07, 6.45) is 8.15. The minimum atomic E-state index is -1.75. The summed E-state index contributed by atoms with van der Waals surface area (Å²) in [6.45, 7) is 6.64. The van der Waals surface area contributed by atoms with E-state index in [0.29, 0.717) is 0 Å². The van der Waals surface area contributed by atoms with E-state index in [9.17, 15) is 0 Å². The summed E-state index contributed by atoms with van der Waals surface area (Å²) in [5.74, 6) is 0. The molecule has 0 bridgehead atoms. The quantitative estimate of drug-likeness (QED) is 0.293. The van der Waals surface area contributed by atoms with Gasteiger partial charge in [0.05, 0.1) is 6.16 Å². The lowest BCUT2D eigenvalue weighted by Crippen LogP contribution is -2.33. The van der Waals surface area contributed by atoms with E-state index in [1.165, 1.54) is 27.1 Å². The van der Waals surface area contributed by atoms with Crippen molar-refractivity contribution in [3.8, 4) is 0 Å². The molecule has 0 atom stereocenters. The molecule has 0 saturated carbocycles. The predicted molar refractivity (Wildman–Crippen MR) is 132 cm³/mol. The van der Waals surface area contributed by atoms with Crippen molar-refractivity contribution in [1.29, 1.82) is 0 Å². The molecule has 0 aliphatic heterocycles. The van der Waals surface area contributed by atoms with Gasteiger partial charge in [-0.25, -0.2) is 0 Å². The van der Waals surface area contributed by atoms with Crippen LogP contribution in [0.4, 0.5) is 0 Å². The summed E-state index contributed by atoms with van der Waals surface area (Å²) in [5, 5.41) is 4.35. The van der Waals surface area contributed by atoms with Crippen molar-refractivity contribution in [2.75, 3.05) is 6.16 Å². The first-order valence-corrected chi connectivity index (χ1v) is 12.4. The standard InChI is InChI=1S/C28H32P/c1-24(2)14-13-15-25(3)22-23-29(26-16-7-4-8-17-26,27-18-9-5-10-19-27)28-20-11-6-12-21-28/h4-12,14,16-22H,13,15,23H2,1-3H3/q+1. The Kier molecular flexibility index (Phi) is 7.62. The Hall–Kier alpha value is -2.43. The van der Waals surface area contributed by atoms with Gasteiger partial charge in [-0.05, 0) is 76.1 Å². The SMILES string of the molecule is CC(C)=CCCC(C)=CC[P+](c1ccccc1)(c1ccccc1)c1ccccc1. The van der Waals surface area contributed by atoms with Crippen LogP contribution in [0.3, 0.4) is 0 Å². The number of allylic oxidation sites excluding steroid dienone is 4. The average molecular weight is 400 g/mol. The molecule has 1 heteroatoms. The van der Waals surface area contributed by atoms with E-state index in [0.717, 1.165) is 19.0 Å². The van der Waals surface area contributed by atoms with Crippen LogP contribution in [-0.4, -0.2) is 6.16 Å². The average Bonchev–Trinajstić information content (AvgIpc) is 2.76. The lowest BCUT2D eigenvalue weighted by molar-refractivity contribution is 0.964. The molecule has 0 aliphatic rings. The van der Waals surface area contributed by atoms with Crippen molar-refractivity contribution in [2.45, 2.75) is 33.6 Å². The molecular weight excluding hydrogens is 367 g/mol. The molecule has 0 nitrogen and oxygen atoms in total. The highest BCUT2D eigenvalue weighted by atomic mass is 31.2. The van der Waals surface area contributed by atoms with Gasteiger partial charge >= 0.3 is 0 Å². The van der Waals surface area contributed by atoms with Gasteiger partial charge in [-0.1, -0.05) is 71.8 Å². The first-order valence-electron chi connectivity index (χ1n) is 10.5. The first-order chi connectivity index (χ1) is 14.1. The second kappa shape index (κ2) is 10.4. The minimum absolute atomic E-state index is 1.06. The van der Waals surface area contributed by atoms with Crippen molar-refractivity contribution in [2.24, 2.45) is 0 Å². The predicted octanol–water partition coefficient (Wildman–Crippen LogP) is 6.67. The van der Waals surface area contributed by atoms with Crippen LogP contribution in [0, 0.1) is 0 Å². The zero-order valence-electron chi connectivity index (χ0n) is 17.9. The van der Waals surface area contributed by atoms with Gasteiger partial charge in [0, 0.05) is 0 Å². The third kappa shape index (κ3) is 5.34. The number of rotatable bonds is 8. The van der Waals surface area contributed by atoms with Crippen LogP contribution in [-0.2, 0) is 0 Å². The van der Waals surface area contributed by atoms with Crippen LogP contribution in [0.1, 0.15) is 33.6 Å². The lowest BCUT2D eigenvalue weighted by Gasteiger charge is -2.27. The molecule has 0 N–H and O–H groups in total. The maximum atomic E-state index is 2.50. The highest BCUT2D eigenvalue weighted by Gasteiger charge is 2.44. The molecule has 0 fully saturated rings. The maximum absolute atomic E-state index is 2.50. The molecule has 3 aromatic rings. The van der Waals surface area contributed by atoms with Crippen molar-refractivity contribution >= 4 is 23.2 Å². The molecule has 0 aliphatic carbocycles. The summed E-state index contributed by atoms with van der Waals surface area (Å²) in [5.41, 5.74) is 2.88. The zero-order valence-corrected chi connectivity index (χ0v) is 18.8. The fourth-order valence-electron chi connectivity index (χ4n) is 3.79. The van der Waals surface area contributed by atoms with Crippen LogP contribution in [0.5, 0.6) is 0 Å².